The average Bonchev–Trinajstić information content (AvgIpc) is 2.52. The maximum atomic E-state index is 14.4. The van der Waals surface area contributed by atoms with E-state index in [2.05, 4.69) is 29.2 Å². The molecule has 1 aromatic rings. The van der Waals surface area contributed by atoms with Crippen LogP contribution in [0.3, 0.4) is 0 Å². The number of thiocarbonyl (C=S) groups is 1. The molecule has 146 valence electrons. The summed E-state index contributed by atoms with van der Waals surface area (Å²) in [6.07, 6.45) is 7.31. The van der Waals surface area contributed by atoms with Gasteiger partial charge in [0.05, 0.1) is 18.4 Å². The van der Waals surface area contributed by atoms with E-state index in [0.29, 0.717) is 15.9 Å². The lowest BCUT2D eigenvalue weighted by atomic mass is 9.43. The monoisotopic (exact) mass is 390 g/mol. The number of carbonyl (C=O) groups is 1. The van der Waals surface area contributed by atoms with Crippen LogP contribution >= 0.6 is 12.2 Å². The zero-order valence-corrected chi connectivity index (χ0v) is 17.0. The third-order valence-electron chi connectivity index (χ3n) is 6.64. The summed E-state index contributed by atoms with van der Waals surface area (Å²) in [6, 6.07) is 4.23. The molecule has 0 amide bonds. The molecular weight excluding hydrogens is 363 g/mol. The third kappa shape index (κ3) is 3.44. The highest BCUT2D eigenvalue weighted by atomic mass is 32.1. The zero-order valence-electron chi connectivity index (χ0n) is 16.2. The third-order valence-corrected chi connectivity index (χ3v) is 6.85. The Hall–Kier alpha value is -1.69. The van der Waals surface area contributed by atoms with Gasteiger partial charge in [0.25, 0.3) is 0 Å². The Balaban J connectivity index is 1.48. The maximum Gasteiger partial charge on any atom is 0.337 e. The smallest absolute Gasteiger partial charge is 0.337 e. The number of anilines is 1. The van der Waals surface area contributed by atoms with Crippen LogP contribution in [-0.4, -0.2) is 23.7 Å². The molecule has 4 fully saturated rings. The van der Waals surface area contributed by atoms with E-state index in [4.69, 9.17) is 12.2 Å². The van der Waals surface area contributed by atoms with Gasteiger partial charge in [-0.3, -0.25) is 0 Å². The maximum absolute atomic E-state index is 14.4. The predicted molar refractivity (Wildman–Crippen MR) is 107 cm³/mol. The van der Waals surface area contributed by atoms with Gasteiger partial charge in [0, 0.05) is 5.54 Å². The standard InChI is InChI=1S/C21H27FN2O2S/c1-19-7-13-8-20(2,10-19)12-21(9-13,11-19)24-18(27)23-16-5-4-14(6-15(16)22)17(25)26-3/h4-6,13H,7-12H2,1-3H3,(H2,23,24,27). The van der Waals surface area contributed by atoms with Crippen molar-refractivity contribution in [1.29, 1.82) is 0 Å². The molecule has 5 rings (SSSR count). The molecule has 0 radical (unpaired) electrons. The van der Waals surface area contributed by atoms with E-state index < -0.39 is 11.8 Å². The van der Waals surface area contributed by atoms with Crippen molar-refractivity contribution < 1.29 is 13.9 Å². The Morgan fingerprint density at radius 3 is 2.41 bits per heavy atom. The first-order valence-corrected chi connectivity index (χ1v) is 10.0. The molecule has 4 aliphatic rings. The van der Waals surface area contributed by atoms with E-state index in [9.17, 15) is 9.18 Å². The molecule has 6 heteroatoms. The van der Waals surface area contributed by atoms with Crippen LogP contribution in [0.5, 0.6) is 0 Å². The van der Waals surface area contributed by atoms with Crippen molar-refractivity contribution in [2.24, 2.45) is 16.7 Å². The van der Waals surface area contributed by atoms with Gasteiger partial charge in [-0.2, -0.15) is 0 Å². The Labute approximate surface area is 165 Å². The molecule has 1 aromatic carbocycles. The molecule has 4 nitrogen and oxygen atoms in total. The number of nitrogens with one attached hydrogen (secondary N) is 2. The molecule has 27 heavy (non-hydrogen) atoms. The van der Waals surface area contributed by atoms with Crippen LogP contribution in [0.15, 0.2) is 18.2 Å². The molecule has 0 saturated heterocycles. The van der Waals surface area contributed by atoms with Crippen molar-refractivity contribution in [2.75, 3.05) is 12.4 Å². The fraction of sp³-hybridized carbons (Fsp3) is 0.619. The average molecular weight is 391 g/mol. The number of methoxy groups -OCH3 is 1. The van der Waals surface area contributed by atoms with E-state index in [-0.39, 0.29) is 16.8 Å². The van der Waals surface area contributed by atoms with Crippen LogP contribution in [0, 0.1) is 22.6 Å². The summed E-state index contributed by atoms with van der Waals surface area (Å²) in [5.74, 6) is -0.328. The van der Waals surface area contributed by atoms with Crippen molar-refractivity contribution in [2.45, 2.75) is 57.9 Å². The first-order chi connectivity index (χ1) is 12.6. The number of ether oxygens (including phenoxy) is 1. The first kappa shape index (κ1) is 18.7. The van der Waals surface area contributed by atoms with Crippen LogP contribution in [-0.2, 0) is 4.74 Å². The van der Waals surface area contributed by atoms with Gasteiger partial charge in [-0.1, -0.05) is 13.8 Å². The molecule has 0 aliphatic heterocycles. The van der Waals surface area contributed by atoms with E-state index in [1.807, 2.05) is 0 Å². The van der Waals surface area contributed by atoms with E-state index in [1.54, 1.807) is 0 Å². The number of benzene rings is 1. The highest BCUT2D eigenvalue weighted by Gasteiger charge is 2.60. The number of hydrogen-bond donors (Lipinski definition) is 2. The van der Waals surface area contributed by atoms with Gasteiger partial charge in [0.1, 0.15) is 5.82 Å². The van der Waals surface area contributed by atoms with Gasteiger partial charge in [-0.05, 0) is 85.7 Å². The van der Waals surface area contributed by atoms with Crippen LogP contribution in [0.25, 0.3) is 0 Å². The normalized spacial score (nSPS) is 36.4. The van der Waals surface area contributed by atoms with Crippen LogP contribution in [0.2, 0.25) is 0 Å². The van der Waals surface area contributed by atoms with Crippen LogP contribution in [0.4, 0.5) is 10.1 Å². The van der Waals surface area contributed by atoms with Gasteiger partial charge >= 0.3 is 5.97 Å². The molecule has 0 aromatic heterocycles. The Morgan fingerprint density at radius 1 is 1.19 bits per heavy atom. The fourth-order valence-corrected chi connectivity index (χ4v) is 7.17. The number of esters is 1. The Bertz CT molecular complexity index is 793. The lowest BCUT2D eigenvalue weighted by Gasteiger charge is -2.65. The summed E-state index contributed by atoms with van der Waals surface area (Å²) in [5, 5.41) is 7.00. The Kier molecular flexibility index (Phi) is 4.26. The number of hydrogen-bond acceptors (Lipinski definition) is 3. The van der Waals surface area contributed by atoms with Gasteiger partial charge in [0.2, 0.25) is 0 Å². The number of halogens is 1. The van der Waals surface area contributed by atoms with Crippen molar-refractivity contribution >= 4 is 29.0 Å². The number of rotatable bonds is 3. The van der Waals surface area contributed by atoms with E-state index in [1.165, 1.54) is 44.6 Å². The second-order valence-electron chi connectivity index (χ2n) is 9.68. The zero-order chi connectivity index (χ0) is 19.4. The minimum absolute atomic E-state index is 0.00936. The van der Waals surface area contributed by atoms with Gasteiger partial charge in [0.15, 0.2) is 5.11 Å². The lowest BCUT2D eigenvalue weighted by Crippen LogP contribution is -2.65. The number of carbonyl (C=O) groups excluding carboxylic acids is 1. The summed E-state index contributed by atoms with van der Waals surface area (Å²) in [4.78, 5) is 11.5. The van der Waals surface area contributed by atoms with Crippen molar-refractivity contribution in [1.82, 2.24) is 5.32 Å². The molecule has 4 saturated carbocycles. The minimum atomic E-state index is -0.559. The largest absolute Gasteiger partial charge is 0.465 e. The van der Waals surface area contributed by atoms with E-state index >= 15 is 0 Å². The predicted octanol–water partition coefficient (Wildman–Crippen LogP) is 4.65. The molecule has 2 atom stereocenters. The second kappa shape index (κ2) is 6.16. The summed E-state index contributed by atoms with van der Waals surface area (Å²) < 4.78 is 19.0. The van der Waals surface area contributed by atoms with Crippen molar-refractivity contribution in [3.63, 3.8) is 0 Å². The van der Waals surface area contributed by atoms with Crippen LogP contribution in [0.1, 0.15) is 62.7 Å². The van der Waals surface area contributed by atoms with Gasteiger partial charge < -0.3 is 15.4 Å². The quantitative estimate of drug-likeness (QED) is 0.581. The van der Waals surface area contributed by atoms with Crippen molar-refractivity contribution in [3.8, 4) is 0 Å². The highest BCUT2D eigenvalue weighted by Crippen LogP contribution is 2.66. The summed E-state index contributed by atoms with van der Waals surface area (Å²) in [7, 11) is 1.28. The summed E-state index contributed by atoms with van der Waals surface area (Å²) >= 11 is 5.53. The molecule has 2 unspecified atom stereocenters. The van der Waals surface area contributed by atoms with Gasteiger partial charge in [-0.15, -0.1) is 0 Å². The fourth-order valence-electron chi connectivity index (χ4n) is 6.84. The first-order valence-electron chi connectivity index (χ1n) is 9.60. The molecule has 0 heterocycles. The lowest BCUT2D eigenvalue weighted by molar-refractivity contribution is -0.111. The van der Waals surface area contributed by atoms with Gasteiger partial charge in [-0.25, -0.2) is 9.18 Å². The van der Waals surface area contributed by atoms with Crippen LogP contribution < -0.4 is 10.6 Å². The molecule has 4 aliphatic carbocycles. The topological polar surface area (TPSA) is 50.4 Å². The summed E-state index contributed by atoms with van der Waals surface area (Å²) in [6.45, 7) is 4.82. The Morgan fingerprint density at radius 2 is 1.85 bits per heavy atom. The second-order valence-corrected chi connectivity index (χ2v) is 10.1. The molecular formula is C21H27FN2O2S. The molecule has 0 spiro atoms. The highest BCUT2D eigenvalue weighted by molar-refractivity contribution is 7.80. The molecule has 4 bridgehead atoms. The minimum Gasteiger partial charge on any atom is -0.465 e. The summed E-state index contributed by atoms with van der Waals surface area (Å²) in [5.41, 5.74) is 1.22. The van der Waals surface area contributed by atoms with Crippen molar-refractivity contribution in [3.05, 3.63) is 29.6 Å². The SMILES string of the molecule is COC(=O)c1ccc(NC(=S)NC23CC4CC(C)(CC(C)(C4)C2)C3)c(F)c1. The van der Waals surface area contributed by atoms with E-state index in [0.717, 1.165) is 25.2 Å². The molecule has 2 N–H and O–H groups in total.